The van der Waals surface area contributed by atoms with Gasteiger partial charge in [-0.15, -0.1) is 0 Å². The molecule has 0 N–H and O–H groups in total. The van der Waals surface area contributed by atoms with Crippen molar-refractivity contribution in [3.05, 3.63) is 186 Å². The summed E-state index contributed by atoms with van der Waals surface area (Å²) in [6.45, 7) is 9.48. The Morgan fingerprint density at radius 2 is 0.839 bits per heavy atom. The van der Waals surface area contributed by atoms with E-state index in [2.05, 4.69) is 196 Å². The number of furan rings is 1. The second-order valence-electron chi connectivity index (χ2n) is 16.8. The van der Waals surface area contributed by atoms with Crippen LogP contribution in [0.3, 0.4) is 0 Å². The van der Waals surface area contributed by atoms with Crippen molar-refractivity contribution < 1.29 is 4.42 Å². The second kappa shape index (κ2) is 11.0. The topological polar surface area (TPSA) is 16.4 Å². The minimum atomic E-state index is -0.131. The third-order valence-corrected chi connectivity index (χ3v) is 13.2. The number of hydrogen-bond acceptors (Lipinski definition) is 2. The summed E-state index contributed by atoms with van der Waals surface area (Å²) >= 11 is 0. The van der Waals surface area contributed by atoms with Crippen LogP contribution in [0.2, 0.25) is 0 Å². The standard InChI is InChI=1S/C54H39NO/c1-53(2)43-20-10-7-15-35(43)37-26-24-32(30-45(37)53)55(33-25-27-38-36-16-8-11-21-44(36)54(3,4)46(38)31-33)47-22-12-9-17-39(47)42-28-29-49-52-50(42)40-18-6-5-14-34(40)41-19-13-23-48(56-49)51(41)52/h5-31H,1-4H3. The van der Waals surface area contributed by atoms with Crippen LogP contribution in [0.25, 0.3) is 76.9 Å². The van der Waals surface area contributed by atoms with E-state index in [-0.39, 0.29) is 10.8 Å². The maximum absolute atomic E-state index is 6.56. The van der Waals surface area contributed by atoms with Gasteiger partial charge in [-0.2, -0.15) is 0 Å². The second-order valence-corrected chi connectivity index (χ2v) is 16.8. The van der Waals surface area contributed by atoms with Crippen LogP contribution in [0.1, 0.15) is 49.9 Å². The molecule has 1 aromatic heterocycles. The summed E-state index contributed by atoms with van der Waals surface area (Å²) < 4.78 is 6.56. The fraction of sp³-hybridized carbons (Fsp3) is 0.111. The van der Waals surface area contributed by atoms with Crippen molar-refractivity contribution in [3.63, 3.8) is 0 Å². The van der Waals surface area contributed by atoms with E-state index in [9.17, 15) is 0 Å². The number of para-hydroxylation sites is 1. The quantitative estimate of drug-likeness (QED) is 0.169. The van der Waals surface area contributed by atoms with Gasteiger partial charge < -0.3 is 9.32 Å². The zero-order valence-electron chi connectivity index (χ0n) is 31.9. The van der Waals surface area contributed by atoms with Gasteiger partial charge in [0.25, 0.3) is 0 Å². The van der Waals surface area contributed by atoms with Crippen LogP contribution in [0.5, 0.6) is 0 Å². The largest absolute Gasteiger partial charge is 0.456 e. The Kier molecular flexibility index (Phi) is 6.22. The molecule has 0 bridgehead atoms. The zero-order chi connectivity index (χ0) is 37.5. The molecule has 56 heavy (non-hydrogen) atoms. The van der Waals surface area contributed by atoms with Crippen molar-refractivity contribution in [2.45, 2.75) is 38.5 Å². The molecule has 2 aliphatic carbocycles. The smallest absolute Gasteiger partial charge is 0.136 e. The Balaban J connectivity index is 1.14. The maximum atomic E-state index is 6.56. The van der Waals surface area contributed by atoms with Crippen molar-refractivity contribution in [2.24, 2.45) is 0 Å². The highest BCUT2D eigenvalue weighted by molar-refractivity contribution is 6.35. The van der Waals surface area contributed by atoms with Gasteiger partial charge in [0.15, 0.2) is 0 Å². The molecule has 0 amide bonds. The monoisotopic (exact) mass is 717 g/mol. The van der Waals surface area contributed by atoms with Gasteiger partial charge in [0, 0.05) is 43.9 Å². The highest BCUT2D eigenvalue weighted by Crippen LogP contribution is 2.55. The lowest BCUT2D eigenvalue weighted by atomic mass is 9.82. The molecule has 0 atom stereocenters. The number of nitrogens with zero attached hydrogens (tertiary/aromatic N) is 1. The maximum Gasteiger partial charge on any atom is 0.136 e. The van der Waals surface area contributed by atoms with Crippen LogP contribution in [0.4, 0.5) is 17.1 Å². The Morgan fingerprint density at radius 1 is 0.357 bits per heavy atom. The predicted octanol–water partition coefficient (Wildman–Crippen LogP) is 15.1. The van der Waals surface area contributed by atoms with Crippen LogP contribution in [-0.4, -0.2) is 0 Å². The molecule has 2 heteroatoms. The van der Waals surface area contributed by atoms with Crippen LogP contribution in [0.15, 0.2) is 168 Å². The normalized spacial score (nSPS) is 14.7. The molecule has 12 rings (SSSR count). The first kappa shape index (κ1) is 31.7. The number of rotatable bonds is 4. The number of anilines is 3. The summed E-state index contributed by atoms with van der Waals surface area (Å²) in [5.41, 5.74) is 18.2. The van der Waals surface area contributed by atoms with Crippen LogP contribution >= 0.6 is 0 Å². The van der Waals surface area contributed by atoms with E-state index < -0.39 is 0 Å². The third kappa shape index (κ3) is 4.06. The molecule has 2 nitrogen and oxygen atoms in total. The molecular weight excluding hydrogens is 679 g/mol. The number of hydrogen-bond donors (Lipinski definition) is 0. The number of fused-ring (bicyclic) bond motifs is 9. The molecular formula is C54H39NO. The van der Waals surface area contributed by atoms with Crippen molar-refractivity contribution in [3.8, 4) is 33.4 Å². The van der Waals surface area contributed by atoms with E-state index in [0.29, 0.717) is 0 Å². The lowest BCUT2D eigenvalue weighted by Crippen LogP contribution is -2.18. The van der Waals surface area contributed by atoms with Crippen LogP contribution < -0.4 is 4.90 Å². The summed E-state index contributed by atoms with van der Waals surface area (Å²) in [4.78, 5) is 2.51. The lowest BCUT2D eigenvalue weighted by Gasteiger charge is -2.31. The molecule has 266 valence electrons. The van der Waals surface area contributed by atoms with Crippen LogP contribution in [-0.2, 0) is 10.8 Å². The van der Waals surface area contributed by atoms with E-state index >= 15 is 0 Å². The van der Waals surface area contributed by atoms with Crippen LogP contribution in [0, 0.1) is 0 Å². The van der Waals surface area contributed by atoms with Gasteiger partial charge in [0.2, 0.25) is 0 Å². The molecule has 0 radical (unpaired) electrons. The predicted molar refractivity (Wildman–Crippen MR) is 235 cm³/mol. The minimum Gasteiger partial charge on any atom is -0.456 e. The highest BCUT2D eigenvalue weighted by atomic mass is 16.3. The zero-order valence-corrected chi connectivity index (χ0v) is 31.9. The number of benzene rings is 9. The summed E-state index contributed by atoms with van der Waals surface area (Å²) in [5, 5.41) is 7.36. The summed E-state index contributed by atoms with van der Waals surface area (Å²) in [5.74, 6) is 0. The first-order valence-electron chi connectivity index (χ1n) is 19.8. The Morgan fingerprint density at radius 3 is 1.50 bits per heavy atom. The molecule has 0 spiro atoms. The molecule has 0 unspecified atom stereocenters. The average molecular weight is 718 g/mol. The molecule has 9 aromatic carbocycles. The molecule has 0 saturated heterocycles. The van der Waals surface area contributed by atoms with E-state index in [1.165, 1.54) is 88.0 Å². The van der Waals surface area contributed by atoms with Crippen molar-refractivity contribution in [1.29, 1.82) is 0 Å². The lowest BCUT2D eigenvalue weighted by molar-refractivity contribution is 0.660. The Labute approximate surface area is 326 Å². The van der Waals surface area contributed by atoms with E-state index in [1.54, 1.807) is 0 Å². The molecule has 0 saturated carbocycles. The summed E-state index contributed by atoms with van der Waals surface area (Å²) in [6, 6.07) is 60.9. The van der Waals surface area contributed by atoms with Gasteiger partial charge in [-0.1, -0.05) is 143 Å². The molecule has 2 aliphatic rings. The van der Waals surface area contributed by atoms with Crippen molar-refractivity contribution >= 4 is 60.5 Å². The van der Waals surface area contributed by atoms with Gasteiger partial charge in [-0.05, 0) is 115 Å². The fourth-order valence-electron chi connectivity index (χ4n) is 10.6. The SMILES string of the molecule is CC1(C)c2ccccc2-c2ccc(N(c3ccc4c(c3)C(C)(C)c3ccccc3-4)c3ccccc3-c3ccc4oc5cccc6c7ccccc7c3c4c56)cc21. The minimum absolute atomic E-state index is 0.131. The van der Waals surface area contributed by atoms with Gasteiger partial charge in [-0.3, -0.25) is 0 Å². The first-order valence-corrected chi connectivity index (χ1v) is 19.8. The van der Waals surface area contributed by atoms with Gasteiger partial charge in [-0.25, -0.2) is 0 Å². The molecule has 0 fully saturated rings. The molecule has 1 heterocycles. The molecule has 0 aliphatic heterocycles. The fourth-order valence-corrected chi connectivity index (χ4v) is 10.6. The van der Waals surface area contributed by atoms with Gasteiger partial charge >= 0.3 is 0 Å². The van der Waals surface area contributed by atoms with Crippen molar-refractivity contribution in [1.82, 2.24) is 0 Å². The summed E-state index contributed by atoms with van der Waals surface area (Å²) in [6.07, 6.45) is 0. The third-order valence-electron chi connectivity index (χ3n) is 13.2. The molecule has 10 aromatic rings. The average Bonchev–Trinajstić information content (AvgIpc) is 3.81. The van der Waals surface area contributed by atoms with E-state index in [1.807, 2.05) is 0 Å². The van der Waals surface area contributed by atoms with Crippen molar-refractivity contribution in [2.75, 3.05) is 4.90 Å². The van der Waals surface area contributed by atoms with E-state index in [0.717, 1.165) is 28.2 Å². The van der Waals surface area contributed by atoms with E-state index in [4.69, 9.17) is 4.42 Å². The Bertz CT molecular complexity index is 3160. The summed E-state index contributed by atoms with van der Waals surface area (Å²) in [7, 11) is 0. The Hall–Kier alpha value is -6.64. The van der Waals surface area contributed by atoms with Gasteiger partial charge in [0.1, 0.15) is 11.2 Å². The first-order chi connectivity index (χ1) is 27.3. The highest BCUT2D eigenvalue weighted by Gasteiger charge is 2.38. The van der Waals surface area contributed by atoms with Gasteiger partial charge in [0.05, 0.1) is 5.69 Å².